The highest BCUT2D eigenvalue weighted by Crippen LogP contribution is 2.35. The Morgan fingerprint density at radius 2 is 1.68 bits per heavy atom. The third-order valence-corrected chi connectivity index (χ3v) is 6.48. The average molecular weight is 472 g/mol. The molecule has 1 saturated heterocycles. The van der Waals surface area contributed by atoms with Crippen molar-refractivity contribution < 1.29 is 23.6 Å². The smallest absolute Gasteiger partial charge is 0.242 e. The number of fused-ring (bicyclic) bond motifs is 1. The molecule has 34 heavy (non-hydrogen) atoms. The number of likely N-dealkylation sites (tertiary alicyclic amines) is 1. The first-order valence-electron chi connectivity index (χ1n) is 12.0. The zero-order valence-electron chi connectivity index (χ0n) is 20.1. The van der Waals surface area contributed by atoms with Crippen molar-refractivity contribution in [2.45, 2.75) is 59.0 Å². The summed E-state index contributed by atoms with van der Waals surface area (Å²) in [6, 6.07) is 5.08. The van der Waals surface area contributed by atoms with Crippen molar-refractivity contribution in [2.75, 3.05) is 13.1 Å². The molecule has 1 aliphatic carbocycles. The molecule has 1 aliphatic heterocycles. The summed E-state index contributed by atoms with van der Waals surface area (Å²) in [5.74, 6) is -1.83. The highest BCUT2D eigenvalue weighted by Gasteiger charge is 2.47. The number of rotatable bonds is 10. The first-order valence-corrected chi connectivity index (χ1v) is 12.0. The van der Waals surface area contributed by atoms with Gasteiger partial charge < -0.3 is 10.2 Å². The summed E-state index contributed by atoms with van der Waals surface area (Å²) in [6.45, 7) is 6.41. The first-order chi connectivity index (χ1) is 16.2. The standard InChI is InChI=1S/C26H34FN3O4/c1-4-22(24(32)28-15-17(2)3)30(16-18-9-11-19(27)12-10-18)23(31)13-14-29-25(33)20-7-5-6-8-21(20)26(29)34/h5-6,9-12,17,20-22H,4,7-8,13-16H2,1-3H3,(H,28,32)/t20-,21+,22?. The van der Waals surface area contributed by atoms with Crippen molar-refractivity contribution in [2.24, 2.45) is 17.8 Å². The number of allylic oxidation sites excluding steroid dienone is 2. The molecule has 0 saturated carbocycles. The molecule has 0 aromatic heterocycles. The molecule has 0 bridgehead atoms. The van der Waals surface area contributed by atoms with Gasteiger partial charge in [-0.2, -0.15) is 0 Å². The van der Waals surface area contributed by atoms with Gasteiger partial charge >= 0.3 is 0 Å². The van der Waals surface area contributed by atoms with E-state index < -0.39 is 6.04 Å². The molecule has 0 spiro atoms. The number of carbonyl (C=O) groups excluding carboxylic acids is 4. The Morgan fingerprint density at radius 3 is 2.21 bits per heavy atom. The summed E-state index contributed by atoms with van der Waals surface area (Å²) in [7, 11) is 0. The number of carbonyl (C=O) groups is 4. The van der Waals surface area contributed by atoms with E-state index >= 15 is 0 Å². The van der Waals surface area contributed by atoms with Gasteiger partial charge in [-0.15, -0.1) is 0 Å². The molecule has 3 rings (SSSR count). The van der Waals surface area contributed by atoms with Crippen LogP contribution >= 0.6 is 0 Å². The van der Waals surface area contributed by atoms with E-state index in [0.717, 1.165) is 0 Å². The number of hydrogen-bond donors (Lipinski definition) is 1. The van der Waals surface area contributed by atoms with E-state index in [9.17, 15) is 23.6 Å². The number of nitrogens with one attached hydrogen (secondary N) is 1. The van der Waals surface area contributed by atoms with Crippen LogP contribution in [-0.4, -0.2) is 52.6 Å². The first kappa shape index (κ1) is 25.6. The predicted octanol–water partition coefficient (Wildman–Crippen LogP) is 3.05. The number of nitrogens with zero attached hydrogens (tertiary/aromatic N) is 2. The number of amides is 4. The molecule has 2 aliphatic rings. The monoisotopic (exact) mass is 471 g/mol. The lowest BCUT2D eigenvalue weighted by Crippen LogP contribution is -2.50. The van der Waals surface area contributed by atoms with Crippen LogP contribution in [-0.2, 0) is 25.7 Å². The second-order valence-electron chi connectivity index (χ2n) is 9.45. The summed E-state index contributed by atoms with van der Waals surface area (Å²) < 4.78 is 13.4. The van der Waals surface area contributed by atoms with Gasteiger partial charge in [0.15, 0.2) is 0 Å². The van der Waals surface area contributed by atoms with Crippen molar-refractivity contribution in [1.29, 1.82) is 0 Å². The second-order valence-corrected chi connectivity index (χ2v) is 9.45. The van der Waals surface area contributed by atoms with Crippen LogP contribution in [0.25, 0.3) is 0 Å². The lowest BCUT2D eigenvalue weighted by molar-refractivity contribution is -0.144. The second kappa shape index (κ2) is 11.4. The van der Waals surface area contributed by atoms with Gasteiger partial charge in [0.25, 0.3) is 0 Å². The van der Waals surface area contributed by atoms with Gasteiger partial charge in [0.1, 0.15) is 11.9 Å². The summed E-state index contributed by atoms with van der Waals surface area (Å²) >= 11 is 0. The van der Waals surface area contributed by atoms with Gasteiger partial charge in [-0.05, 0) is 42.9 Å². The Kier molecular flexibility index (Phi) is 8.58. The highest BCUT2D eigenvalue weighted by molar-refractivity contribution is 6.05. The van der Waals surface area contributed by atoms with E-state index in [0.29, 0.717) is 31.4 Å². The molecule has 1 fully saturated rings. The number of benzene rings is 1. The minimum atomic E-state index is -0.715. The normalized spacial score (nSPS) is 20.4. The minimum Gasteiger partial charge on any atom is -0.354 e. The third-order valence-electron chi connectivity index (χ3n) is 6.48. The Bertz CT molecular complexity index is 918. The van der Waals surface area contributed by atoms with Crippen molar-refractivity contribution in [3.05, 3.63) is 47.8 Å². The third kappa shape index (κ3) is 5.90. The molecule has 3 atom stereocenters. The van der Waals surface area contributed by atoms with Crippen LogP contribution in [0.4, 0.5) is 4.39 Å². The highest BCUT2D eigenvalue weighted by atomic mass is 19.1. The molecule has 1 unspecified atom stereocenters. The molecule has 7 nitrogen and oxygen atoms in total. The van der Waals surface area contributed by atoms with Crippen LogP contribution in [0.3, 0.4) is 0 Å². The van der Waals surface area contributed by atoms with E-state index in [4.69, 9.17) is 0 Å². The van der Waals surface area contributed by atoms with E-state index in [1.807, 2.05) is 32.9 Å². The largest absolute Gasteiger partial charge is 0.354 e. The average Bonchev–Trinajstić information content (AvgIpc) is 3.07. The Morgan fingerprint density at radius 1 is 1.09 bits per heavy atom. The van der Waals surface area contributed by atoms with Crippen molar-refractivity contribution >= 4 is 23.6 Å². The molecular weight excluding hydrogens is 437 g/mol. The fourth-order valence-corrected chi connectivity index (χ4v) is 4.57. The Balaban J connectivity index is 1.74. The van der Waals surface area contributed by atoms with Gasteiger partial charge in [0.2, 0.25) is 23.6 Å². The SMILES string of the molecule is CCC(C(=O)NCC(C)C)N(Cc1ccc(F)cc1)C(=O)CCN1C(=O)[C@H]2CC=CC[C@H]2C1=O. The van der Waals surface area contributed by atoms with Crippen LogP contribution in [0.5, 0.6) is 0 Å². The van der Waals surface area contributed by atoms with Crippen LogP contribution in [0, 0.1) is 23.6 Å². The van der Waals surface area contributed by atoms with E-state index in [1.54, 1.807) is 12.1 Å². The number of imide groups is 1. The summed E-state index contributed by atoms with van der Waals surface area (Å²) in [4.78, 5) is 54.4. The minimum absolute atomic E-state index is 0.00648. The number of halogens is 1. The van der Waals surface area contributed by atoms with Crippen molar-refractivity contribution in [3.63, 3.8) is 0 Å². The summed E-state index contributed by atoms with van der Waals surface area (Å²) in [6.07, 6.45) is 5.27. The molecule has 0 radical (unpaired) electrons. The molecule has 1 heterocycles. The van der Waals surface area contributed by atoms with Gasteiger partial charge in [0, 0.05) is 26.1 Å². The fourth-order valence-electron chi connectivity index (χ4n) is 4.57. The van der Waals surface area contributed by atoms with Crippen LogP contribution in [0.15, 0.2) is 36.4 Å². The lowest BCUT2D eigenvalue weighted by atomic mass is 9.85. The van der Waals surface area contributed by atoms with Gasteiger partial charge in [-0.3, -0.25) is 24.1 Å². The number of hydrogen-bond acceptors (Lipinski definition) is 4. The van der Waals surface area contributed by atoms with Gasteiger partial charge in [-0.25, -0.2) is 4.39 Å². The fraction of sp³-hybridized carbons (Fsp3) is 0.538. The lowest BCUT2D eigenvalue weighted by Gasteiger charge is -2.31. The van der Waals surface area contributed by atoms with Crippen LogP contribution < -0.4 is 5.32 Å². The maximum absolute atomic E-state index is 13.4. The topological polar surface area (TPSA) is 86.8 Å². The van der Waals surface area contributed by atoms with E-state index in [2.05, 4.69) is 5.32 Å². The summed E-state index contributed by atoms with van der Waals surface area (Å²) in [5.41, 5.74) is 0.690. The van der Waals surface area contributed by atoms with Gasteiger partial charge in [0.05, 0.1) is 11.8 Å². The Labute approximate surface area is 200 Å². The Hall–Kier alpha value is -3.03. The van der Waals surface area contributed by atoms with Crippen LogP contribution in [0.2, 0.25) is 0 Å². The van der Waals surface area contributed by atoms with Gasteiger partial charge in [-0.1, -0.05) is 45.1 Å². The van der Waals surface area contributed by atoms with E-state index in [1.165, 1.54) is 21.9 Å². The van der Waals surface area contributed by atoms with Crippen LogP contribution in [0.1, 0.15) is 52.0 Å². The zero-order chi connectivity index (χ0) is 24.8. The molecule has 1 aromatic carbocycles. The maximum Gasteiger partial charge on any atom is 0.242 e. The molecule has 1 aromatic rings. The molecule has 184 valence electrons. The molecule has 8 heteroatoms. The van der Waals surface area contributed by atoms with E-state index in [-0.39, 0.29) is 66.7 Å². The molecule has 4 amide bonds. The zero-order valence-corrected chi connectivity index (χ0v) is 20.1. The maximum atomic E-state index is 13.4. The van der Waals surface area contributed by atoms with Crippen molar-refractivity contribution in [3.8, 4) is 0 Å². The summed E-state index contributed by atoms with van der Waals surface area (Å²) in [5, 5.41) is 2.89. The molecule has 1 N–H and O–H groups in total. The quantitative estimate of drug-likeness (QED) is 0.420. The molecular formula is C26H34FN3O4. The van der Waals surface area contributed by atoms with Crippen molar-refractivity contribution in [1.82, 2.24) is 15.1 Å². The predicted molar refractivity (Wildman–Crippen MR) is 126 cm³/mol.